The van der Waals surface area contributed by atoms with Crippen molar-refractivity contribution in [2.75, 3.05) is 13.1 Å². The summed E-state index contributed by atoms with van der Waals surface area (Å²) in [5, 5.41) is 3.20. The van der Waals surface area contributed by atoms with Crippen LogP contribution in [0.3, 0.4) is 0 Å². The Labute approximate surface area is 196 Å². The van der Waals surface area contributed by atoms with Crippen molar-refractivity contribution in [2.45, 2.75) is 75.8 Å². The van der Waals surface area contributed by atoms with Crippen LogP contribution in [0.2, 0.25) is 0 Å². The van der Waals surface area contributed by atoms with E-state index in [1.54, 1.807) is 23.1 Å². The monoisotopic (exact) mass is 474 g/mol. The van der Waals surface area contributed by atoms with Crippen molar-refractivity contribution in [1.82, 2.24) is 14.9 Å². The van der Waals surface area contributed by atoms with Crippen LogP contribution in [-0.4, -0.2) is 56.1 Å². The smallest absolute Gasteiger partial charge is 0.263 e. The number of carbonyl (C=O) groups is 2. The fraction of sp³-hybridized carbons (Fsp3) is 0.625. The van der Waals surface area contributed by atoms with Gasteiger partial charge < -0.3 is 10.2 Å². The molecule has 0 radical (unpaired) electrons. The molecule has 180 valence electrons. The van der Waals surface area contributed by atoms with Crippen LogP contribution in [0.1, 0.15) is 64.4 Å². The fourth-order valence-electron chi connectivity index (χ4n) is 5.00. The van der Waals surface area contributed by atoms with Gasteiger partial charge in [0.25, 0.3) is 10.0 Å². The third-order valence-corrected chi connectivity index (χ3v) is 8.27. The molecule has 1 unspecified atom stereocenters. The highest BCUT2D eigenvalue weighted by Crippen LogP contribution is 2.25. The zero-order chi connectivity index (χ0) is 23.6. The largest absolute Gasteiger partial charge is 0.353 e. The number of hydrogen-bond acceptors (Lipinski definition) is 5. The number of aliphatic imine (C=N–C) groups is 1. The summed E-state index contributed by atoms with van der Waals surface area (Å²) in [4.78, 5) is 32.8. The lowest BCUT2D eigenvalue weighted by Gasteiger charge is -2.35. The van der Waals surface area contributed by atoms with Crippen molar-refractivity contribution >= 4 is 27.7 Å². The SMILES string of the molecule is CC(C)[C@H](N=C1NS(=O)(=O)c2ccccc21)C(=O)N1CCCC(C(=O)NC2CCCCC2)C1. The van der Waals surface area contributed by atoms with Gasteiger partial charge in [-0.05, 0) is 43.7 Å². The van der Waals surface area contributed by atoms with E-state index in [1.165, 1.54) is 12.5 Å². The summed E-state index contributed by atoms with van der Waals surface area (Å²) in [5.41, 5.74) is 0.485. The maximum absolute atomic E-state index is 13.5. The van der Waals surface area contributed by atoms with Crippen molar-refractivity contribution in [1.29, 1.82) is 0 Å². The minimum atomic E-state index is -3.67. The van der Waals surface area contributed by atoms with Crippen LogP contribution in [0.4, 0.5) is 0 Å². The Kier molecular flexibility index (Phi) is 7.07. The van der Waals surface area contributed by atoms with Gasteiger partial charge in [0, 0.05) is 24.7 Å². The minimum absolute atomic E-state index is 0.0456. The molecule has 8 nitrogen and oxygen atoms in total. The predicted octanol–water partition coefficient (Wildman–Crippen LogP) is 2.44. The van der Waals surface area contributed by atoms with Crippen LogP contribution in [0.25, 0.3) is 0 Å². The molecule has 1 aromatic rings. The number of amidine groups is 1. The lowest BCUT2D eigenvalue weighted by atomic mass is 9.92. The Morgan fingerprint density at radius 2 is 1.82 bits per heavy atom. The Hall–Kier alpha value is -2.42. The van der Waals surface area contributed by atoms with Gasteiger partial charge in [-0.3, -0.25) is 19.3 Å². The predicted molar refractivity (Wildman–Crippen MR) is 126 cm³/mol. The molecule has 2 N–H and O–H groups in total. The number of amides is 2. The van der Waals surface area contributed by atoms with E-state index in [9.17, 15) is 18.0 Å². The van der Waals surface area contributed by atoms with Crippen molar-refractivity contribution < 1.29 is 18.0 Å². The van der Waals surface area contributed by atoms with E-state index in [0.717, 1.165) is 38.5 Å². The first-order valence-electron chi connectivity index (χ1n) is 12.1. The van der Waals surface area contributed by atoms with E-state index in [4.69, 9.17) is 0 Å². The number of benzene rings is 1. The summed E-state index contributed by atoms with van der Waals surface area (Å²) in [6, 6.07) is 6.17. The van der Waals surface area contributed by atoms with Gasteiger partial charge in [-0.2, -0.15) is 0 Å². The molecule has 1 saturated heterocycles. The quantitative estimate of drug-likeness (QED) is 0.683. The summed E-state index contributed by atoms with van der Waals surface area (Å²) in [7, 11) is -3.67. The first-order valence-corrected chi connectivity index (χ1v) is 13.5. The van der Waals surface area contributed by atoms with Crippen LogP contribution in [0.5, 0.6) is 0 Å². The van der Waals surface area contributed by atoms with Crippen LogP contribution >= 0.6 is 0 Å². The van der Waals surface area contributed by atoms with Crippen molar-refractivity contribution in [3.05, 3.63) is 29.8 Å². The van der Waals surface area contributed by atoms with Crippen LogP contribution in [-0.2, 0) is 19.6 Å². The average molecular weight is 475 g/mol. The molecule has 3 aliphatic rings. The molecule has 1 saturated carbocycles. The van der Waals surface area contributed by atoms with Gasteiger partial charge in [-0.1, -0.05) is 45.2 Å². The second kappa shape index (κ2) is 9.83. The van der Waals surface area contributed by atoms with Crippen molar-refractivity contribution in [3.8, 4) is 0 Å². The first-order chi connectivity index (χ1) is 15.8. The van der Waals surface area contributed by atoms with Gasteiger partial charge >= 0.3 is 0 Å². The zero-order valence-corrected chi connectivity index (χ0v) is 20.2. The molecule has 2 amide bonds. The summed E-state index contributed by atoms with van der Waals surface area (Å²) in [5.74, 6) is -0.240. The third-order valence-electron chi connectivity index (χ3n) is 6.87. The van der Waals surface area contributed by atoms with E-state index < -0.39 is 16.1 Å². The van der Waals surface area contributed by atoms with Gasteiger partial charge in [-0.25, -0.2) is 8.42 Å². The van der Waals surface area contributed by atoms with Crippen molar-refractivity contribution in [3.63, 3.8) is 0 Å². The Balaban J connectivity index is 1.48. The minimum Gasteiger partial charge on any atom is -0.353 e. The van der Waals surface area contributed by atoms with Crippen molar-refractivity contribution in [2.24, 2.45) is 16.8 Å². The number of carbonyl (C=O) groups excluding carboxylic acids is 2. The Morgan fingerprint density at radius 3 is 2.55 bits per heavy atom. The molecule has 2 heterocycles. The lowest BCUT2D eigenvalue weighted by Crippen LogP contribution is -2.50. The molecule has 2 fully saturated rings. The lowest BCUT2D eigenvalue weighted by molar-refractivity contribution is -0.137. The second-order valence-corrected chi connectivity index (χ2v) is 11.4. The molecule has 1 aromatic carbocycles. The van der Waals surface area contributed by atoms with Gasteiger partial charge in [0.2, 0.25) is 11.8 Å². The standard InChI is InChI=1S/C24H34N4O4S/c1-16(2)21(26-22-19-12-6-7-13-20(19)33(31,32)27-22)24(30)28-14-8-9-17(15-28)23(29)25-18-10-4-3-5-11-18/h6-7,12-13,16-18,21H,3-5,8-11,14-15H2,1-2H3,(H,25,29)(H,26,27)/t17?,21-/m0/s1. The zero-order valence-electron chi connectivity index (χ0n) is 19.4. The summed E-state index contributed by atoms with van der Waals surface area (Å²) in [6.07, 6.45) is 7.16. The Bertz CT molecular complexity index is 1030. The molecule has 0 aromatic heterocycles. The molecule has 2 atom stereocenters. The summed E-state index contributed by atoms with van der Waals surface area (Å²) < 4.78 is 27.4. The molecule has 0 bridgehead atoms. The Morgan fingerprint density at radius 1 is 1.09 bits per heavy atom. The number of sulfonamides is 1. The maximum atomic E-state index is 13.5. The number of rotatable bonds is 5. The number of fused-ring (bicyclic) bond motifs is 1. The molecule has 4 rings (SSSR count). The van der Waals surface area contributed by atoms with Crippen LogP contribution < -0.4 is 10.0 Å². The summed E-state index contributed by atoms with van der Waals surface area (Å²) in [6.45, 7) is 4.77. The number of hydrogen-bond donors (Lipinski definition) is 2. The van der Waals surface area contributed by atoms with Gasteiger partial charge in [0.15, 0.2) is 0 Å². The third kappa shape index (κ3) is 5.23. The number of nitrogens with one attached hydrogen (secondary N) is 2. The molecule has 1 aliphatic carbocycles. The fourth-order valence-corrected chi connectivity index (χ4v) is 6.24. The summed E-state index contributed by atoms with van der Waals surface area (Å²) >= 11 is 0. The van der Waals surface area contributed by atoms with Gasteiger partial charge in [-0.15, -0.1) is 0 Å². The highest BCUT2D eigenvalue weighted by molar-refractivity contribution is 7.90. The number of likely N-dealkylation sites (tertiary alicyclic amines) is 1. The van der Waals surface area contributed by atoms with E-state index in [0.29, 0.717) is 18.7 Å². The van der Waals surface area contributed by atoms with Gasteiger partial charge in [0.05, 0.1) is 10.8 Å². The average Bonchev–Trinajstić information content (AvgIpc) is 3.07. The highest BCUT2D eigenvalue weighted by atomic mass is 32.2. The molecule has 0 spiro atoms. The number of nitrogens with zero attached hydrogens (tertiary/aromatic N) is 2. The second-order valence-electron chi connectivity index (χ2n) is 9.74. The van der Waals surface area contributed by atoms with E-state index in [1.807, 2.05) is 13.8 Å². The van der Waals surface area contributed by atoms with E-state index in [2.05, 4.69) is 15.0 Å². The van der Waals surface area contributed by atoms with Crippen LogP contribution in [0, 0.1) is 11.8 Å². The first kappa shape index (κ1) is 23.7. The highest BCUT2D eigenvalue weighted by Gasteiger charge is 2.36. The van der Waals surface area contributed by atoms with E-state index in [-0.39, 0.29) is 40.4 Å². The van der Waals surface area contributed by atoms with E-state index >= 15 is 0 Å². The molecule has 9 heteroatoms. The number of piperidine rings is 1. The molecule has 33 heavy (non-hydrogen) atoms. The topological polar surface area (TPSA) is 108 Å². The molecular formula is C24H34N4O4S. The normalized spacial score (nSPS) is 24.9. The molecule has 2 aliphatic heterocycles. The maximum Gasteiger partial charge on any atom is 0.263 e. The van der Waals surface area contributed by atoms with Crippen LogP contribution in [0.15, 0.2) is 34.2 Å². The molecular weight excluding hydrogens is 440 g/mol. The van der Waals surface area contributed by atoms with Gasteiger partial charge in [0.1, 0.15) is 11.9 Å².